The molecule has 0 radical (unpaired) electrons. The Morgan fingerprint density at radius 2 is 1.57 bits per heavy atom. The van der Waals surface area contributed by atoms with Gasteiger partial charge in [-0.2, -0.15) is 26.3 Å². The quantitative estimate of drug-likeness (QED) is 0.213. The molecule has 0 aliphatic carbocycles. The van der Waals surface area contributed by atoms with E-state index in [1.54, 1.807) is 23.1 Å². The number of ether oxygens (including phenoxy) is 1. The summed E-state index contributed by atoms with van der Waals surface area (Å²) < 4.78 is 90.9. The lowest BCUT2D eigenvalue weighted by atomic mass is 9.93. The Hall–Kier alpha value is -3.72. The molecule has 2 fully saturated rings. The first-order valence-electron chi connectivity index (χ1n) is 15.0. The third kappa shape index (κ3) is 9.89. The summed E-state index contributed by atoms with van der Waals surface area (Å²) >= 11 is 0.550. The average Bonchev–Trinajstić information content (AvgIpc) is 3.00. The summed E-state index contributed by atoms with van der Waals surface area (Å²) in [6.07, 6.45) is -7.19. The van der Waals surface area contributed by atoms with Gasteiger partial charge in [0.1, 0.15) is 6.61 Å². The van der Waals surface area contributed by atoms with Crippen molar-refractivity contribution >= 4 is 41.3 Å². The summed E-state index contributed by atoms with van der Waals surface area (Å²) in [6, 6.07) is 8.23. The summed E-state index contributed by atoms with van der Waals surface area (Å²) in [6.45, 7) is 1.37. The van der Waals surface area contributed by atoms with Gasteiger partial charge in [0, 0.05) is 67.3 Å². The largest absolute Gasteiger partial charge is 0.481 e. The van der Waals surface area contributed by atoms with Crippen molar-refractivity contribution in [2.24, 2.45) is 5.92 Å². The van der Waals surface area contributed by atoms with Crippen LogP contribution < -0.4 is 5.32 Å². The number of nitrogens with one attached hydrogen (secondary N) is 1. The van der Waals surface area contributed by atoms with Gasteiger partial charge in [-0.25, -0.2) is 0 Å². The van der Waals surface area contributed by atoms with E-state index in [0.717, 1.165) is 24.3 Å². The third-order valence-electron chi connectivity index (χ3n) is 8.11. The van der Waals surface area contributed by atoms with Gasteiger partial charge in [-0.1, -0.05) is 23.9 Å². The van der Waals surface area contributed by atoms with E-state index >= 15 is 0 Å². The van der Waals surface area contributed by atoms with Crippen molar-refractivity contribution in [1.82, 2.24) is 9.80 Å². The zero-order valence-corrected chi connectivity index (χ0v) is 26.3. The molecule has 0 atom stereocenters. The molecule has 2 heterocycles. The number of rotatable bonds is 10. The number of likely N-dealkylation sites (tertiary alicyclic amines) is 2. The fourth-order valence-corrected chi connectivity index (χ4v) is 6.82. The maximum atomic E-state index is 14.4. The molecule has 0 bridgehead atoms. The molecular weight excluding hydrogens is 652 g/mol. The van der Waals surface area contributed by atoms with Gasteiger partial charge in [-0.05, 0) is 67.5 Å². The monoisotopic (exact) mass is 687 g/mol. The van der Waals surface area contributed by atoms with E-state index in [0.29, 0.717) is 56.2 Å². The van der Waals surface area contributed by atoms with Crippen LogP contribution in [0.2, 0.25) is 0 Å². The zero-order chi connectivity index (χ0) is 34.4. The SMILES string of the molecule is COCC(=O)N1CCC(Nc2cccc(Sc3ccc(C=CC(=O)N4CCC(CC(=O)O)CC4)c(C(F)(F)F)c3C(F)(F)F)c2)CC1. The summed E-state index contributed by atoms with van der Waals surface area (Å²) in [4.78, 5) is 38.3. The molecule has 0 saturated carbocycles. The standard InChI is InChI=1S/C32H35F6N3O5S/c1-46-19-27(43)41-15-11-22(12-16-41)39-23-3-2-4-24(18-23)47-25-7-5-21(29(31(33,34)35)30(25)32(36,37)38)6-8-26(42)40-13-9-20(10-14-40)17-28(44)45/h2-8,18,20,22,39H,9-17,19H2,1H3,(H,44,45). The van der Waals surface area contributed by atoms with E-state index in [4.69, 9.17) is 9.84 Å². The first-order chi connectivity index (χ1) is 22.2. The van der Waals surface area contributed by atoms with Crippen LogP contribution in [0.5, 0.6) is 0 Å². The number of anilines is 1. The molecule has 2 aromatic carbocycles. The number of alkyl halides is 6. The van der Waals surface area contributed by atoms with Gasteiger partial charge in [0.05, 0.1) is 11.1 Å². The Bertz CT molecular complexity index is 1470. The van der Waals surface area contributed by atoms with Gasteiger partial charge in [-0.3, -0.25) is 14.4 Å². The van der Waals surface area contributed by atoms with E-state index < -0.39 is 45.8 Å². The van der Waals surface area contributed by atoms with E-state index in [1.807, 2.05) is 0 Å². The molecule has 8 nitrogen and oxygen atoms in total. The Morgan fingerprint density at radius 3 is 2.17 bits per heavy atom. The van der Waals surface area contributed by atoms with Gasteiger partial charge >= 0.3 is 18.3 Å². The molecule has 47 heavy (non-hydrogen) atoms. The predicted molar refractivity (Wildman–Crippen MR) is 163 cm³/mol. The van der Waals surface area contributed by atoms with Gasteiger partial charge < -0.3 is 25.0 Å². The topological polar surface area (TPSA) is 99.2 Å². The number of hydrogen-bond donors (Lipinski definition) is 2. The third-order valence-corrected chi connectivity index (χ3v) is 9.16. The number of aliphatic carboxylic acids is 1. The summed E-state index contributed by atoms with van der Waals surface area (Å²) in [5.74, 6) is -1.89. The highest BCUT2D eigenvalue weighted by molar-refractivity contribution is 7.99. The Balaban J connectivity index is 1.52. The average molecular weight is 688 g/mol. The highest BCUT2D eigenvalue weighted by Gasteiger charge is 2.46. The minimum Gasteiger partial charge on any atom is -0.481 e. The van der Waals surface area contributed by atoms with Crippen molar-refractivity contribution in [2.75, 3.05) is 45.2 Å². The number of carboxylic acids is 1. The molecule has 2 N–H and O–H groups in total. The van der Waals surface area contributed by atoms with Crippen molar-refractivity contribution in [2.45, 2.75) is 60.3 Å². The van der Waals surface area contributed by atoms with E-state index in [9.17, 15) is 40.7 Å². The number of halogens is 6. The summed E-state index contributed by atoms with van der Waals surface area (Å²) in [5, 5.41) is 12.2. The van der Waals surface area contributed by atoms with Crippen molar-refractivity contribution in [3.63, 3.8) is 0 Å². The number of hydrogen-bond acceptors (Lipinski definition) is 6. The maximum Gasteiger partial charge on any atom is 0.418 e. The predicted octanol–water partition coefficient (Wildman–Crippen LogP) is 6.65. The molecule has 2 aromatic rings. The molecule has 15 heteroatoms. The van der Waals surface area contributed by atoms with Crippen LogP contribution in [0.25, 0.3) is 6.08 Å². The first-order valence-corrected chi connectivity index (χ1v) is 15.8. The smallest absolute Gasteiger partial charge is 0.418 e. The molecule has 2 aliphatic heterocycles. The Kier molecular flexibility index (Phi) is 11.9. The van der Waals surface area contributed by atoms with Crippen LogP contribution in [0, 0.1) is 5.92 Å². The van der Waals surface area contributed by atoms with Crippen molar-refractivity contribution in [3.8, 4) is 0 Å². The summed E-state index contributed by atoms with van der Waals surface area (Å²) in [7, 11) is 1.44. The molecule has 256 valence electrons. The van der Waals surface area contributed by atoms with Crippen LogP contribution in [-0.4, -0.2) is 78.6 Å². The van der Waals surface area contributed by atoms with Crippen LogP contribution in [-0.2, 0) is 31.5 Å². The fourth-order valence-electron chi connectivity index (χ4n) is 5.78. The molecule has 2 saturated heterocycles. The van der Waals surface area contributed by atoms with Gasteiger partial charge in [0.2, 0.25) is 11.8 Å². The first kappa shape index (κ1) is 36.1. The number of piperidine rings is 2. The molecule has 0 aromatic heterocycles. The van der Waals surface area contributed by atoms with Gasteiger partial charge in [-0.15, -0.1) is 0 Å². The van der Waals surface area contributed by atoms with Crippen LogP contribution in [0.4, 0.5) is 32.0 Å². The zero-order valence-electron chi connectivity index (χ0n) is 25.5. The lowest BCUT2D eigenvalue weighted by molar-refractivity contribution is -0.163. The van der Waals surface area contributed by atoms with Gasteiger partial charge in [0.15, 0.2) is 0 Å². The summed E-state index contributed by atoms with van der Waals surface area (Å²) in [5.41, 5.74) is -3.95. The van der Waals surface area contributed by atoms with Gasteiger partial charge in [0.25, 0.3) is 0 Å². The second-order valence-corrected chi connectivity index (χ2v) is 12.6. The second kappa shape index (κ2) is 15.5. The molecule has 4 rings (SSSR count). The van der Waals surface area contributed by atoms with Crippen molar-refractivity contribution in [3.05, 3.63) is 59.2 Å². The molecule has 0 unspecified atom stereocenters. The lowest BCUT2D eigenvalue weighted by Gasteiger charge is -2.32. The molecule has 2 aliphatic rings. The number of nitrogens with zero attached hydrogens (tertiary/aromatic N) is 2. The minimum absolute atomic E-state index is 0.0146. The van der Waals surface area contributed by atoms with Crippen LogP contribution in [0.3, 0.4) is 0 Å². The maximum absolute atomic E-state index is 14.4. The molecule has 0 spiro atoms. The number of benzene rings is 2. The van der Waals surface area contributed by atoms with E-state index in [-0.39, 0.29) is 48.9 Å². The number of methoxy groups -OCH3 is 1. The lowest BCUT2D eigenvalue weighted by Crippen LogP contribution is -2.43. The molecule has 2 amide bonds. The highest BCUT2D eigenvalue weighted by Crippen LogP contribution is 2.48. The minimum atomic E-state index is -5.39. The van der Waals surface area contributed by atoms with Crippen LogP contribution >= 0.6 is 11.8 Å². The second-order valence-electron chi connectivity index (χ2n) is 11.5. The van der Waals surface area contributed by atoms with E-state index in [1.165, 1.54) is 18.1 Å². The highest BCUT2D eigenvalue weighted by atomic mass is 32.2. The molecular formula is C32H35F6N3O5S. The number of carbonyl (C=O) groups excluding carboxylic acids is 2. The van der Waals surface area contributed by atoms with Crippen LogP contribution in [0.1, 0.15) is 48.8 Å². The Labute approximate surface area is 272 Å². The van der Waals surface area contributed by atoms with Crippen molar-refractivity contribution in [1.29, 1.82) is 0 Å². The number of amides is 2. The van der Waals surface area contributed by atoms with Crippen molar-refractivity contribution < 1.29 is 50.6 Å². The fraction of sp³-hybridized carbons (Fsp3) is 0.469. The number of carboxylic acid groups (broad SMARTS) is 1. The van der Waals surface area contributed by atoms with E-state index in [2.05, 4.69) is 5.32 Å². The Morgan fingerprint density at radius 1 is 0.936 bits per heavy atom. The normalized spacial score (nSPS) is 16.9. The van der Waals surface area contributed by atoms with Crippen LogP contribution in [0.15, 0.2) is 52.3 Å². The number of carbonyl (C=O) groups is 3.